The first-order valence-electron chi connectivity index (χ1n) is 3.41. The molecule has 0 fully saturated rings. The van der Waals surface area contributed by atoms with E-state index in [4.69, 9.17) is 39.9 Å². The number of carbonyl (C=O) groups is 1. The fourth-order valence-corrected chi connectivity index (χ4v) is 1.42. The molecular weight excluding hydrogens is 258 g/mol. The van der Waals surface area contributed by atoms with Gasteiger partial charge in [0.2, 0.25) is 0 Å². The van der Waals surface area contributed by atoms with Crippen LogP contribution >= 0.6 is 47.2 Å². The second kappa shape index (κ2) is 6.18. The molecule has 0 saturated carbocycles. The second-order valence-electron chi connectivity index (χ2n) is 3.10. The molecule has 0 amide bonds. The summed E-state index contributed by atoms with van der Waals surface area (Å²) < 4.78 is 0. The Morgan fingerprint density at radius 1 is 1.46 bits per heavy atom. The van der Waals surface area contributed by atoms with Crippen LogP contribution in [0.3, 0.4) is 0 Å². The van der Waals surface area contributed by atoms with Gasteiger partial charge in [-0.25, -0.2) is 0 Å². The van der Waals surface area contributed by atoms with Crippen LogP contribution in [-0.4, -0.2) is 27.7 Å². The Kier molecular flexibility index (Phi) is 7.64. The molecule has 0 rings (SSSR count). The van der Waals surface area contributed by atoms with Gasteiger partial charge in [-0.15, -0.1) is 47.2 Å². The molecule has 0 radical (unpaired) electrons. The molecule has 2 nitrogen and oxygen atoms in total. The molecule has 0 heterocycles. The first kappa shape index (κ1) is 16.1. The lowest BCUT2D eigenvalue weighted by Crippen LogP contribution is -2.39. The van der Waals surface area contributed by atoms with E-state index in [1.54, 1.807) is 0 Å². The molecule has 0 aliphatic heterocycles. The molecule has 6 heteroatoms. The van der Waals surface area contributed by atoms with Crippen LogP contribution in [0, 0.1) is 5.41 Å². The fraction of sp³-hybridized carbons (Fsp3) is 0.857. The Bertz CT molecular complexity index is 172. The van der Waals surface area contributed by atoms with Gasteiger partial charge in [-0.2, -0.15) is 0 Å². The number of aliphatic carboxylic acids is 1. The van der Waals surface area contributed by atoms with Gasteiger partial charge in [-0.3, -0.25) is 4.79 Å². The van der Waals surface area contributed by atoms with E-state index >= 15 is 0 Å². The summed E-state index contributed by atoms with van der Waals surface area (Å²) in [6, 6.07) is 0. The Labute approximate surface area is 98.9 Å². The van der Waals surface area contributed by atoms with Crippen LogP contribution in [0.1, 0.15) is 13.8 Å². The van der Waals surface area contributed by atoms with Crippen molar-refractivity contribution in [1.82, 2.24) is 0 Å². The number of carboxylic acids is 1. The van der Waals surface area contributed by atoms with Crippen LogP contribution < -0.4 is 0 Å². The normalized spacial score (nSPS) is 15.8. The number of halogens is 4. The van der Waals surface area contributed by atoms with E-state index in [0.29, 0.717) is 0 Å². The molecule has 1 N–H and O–H groups in total. The summed E-state index contributed by atoms with van der Waals surface area (Å²) in [6.45, 7) is 3.05. The number of hydrogen-bond donors (Lipinski definition) is 1. The zero-order valence-electron chi connectivity index (χ0n) is 7.26. The monoisotopic (exact) mass is 268 g/mol. The maximum atomic E-state index is 10.7. The summed E-state index contributed by atoms with van der Waals surface area (Å²) in [7, 11) is 0. The topological polar surface area (TPSA) is 37.3 Å². The van der Waals surface area contributed by atoms with Gasteiger partial charge in [0.25, 0.3) is 0 Å². The average Bonchev–Trinajstić information content (AvgIpc) is 2.01. The predicted molar refractivity (Wildman–Crippen MR) is 58.7 cm³/mol. The SMILES string of the molecule is CC(C)(C(=O)O)C(Cl)C(Cl)CCl.Cl. The lowest BCUT2D eigenvalue weighted by molar-refractivity contribution is -0.146. The zero-order chi connectivity index (χ0) is 9.94. The standard InChI is InChI=1S/C7H11Cl3O2.ClH/c1-7(2,6(11)12)5(10)4(9)3-8;/h4-5H,3H2,1-2H3,(H,11,12);1H. The van der Waals surface area contributed by atoms with E-state index in [9.17, 15) is 4.79 Å². The highest BCUT2D eigenvalue weighted by atomic mass is 35.5. The molecule has 0 bridgehead atoms. The highest BCUT2D eigenvalue weighted by molar-refractivity contribution is 6.34. The van der Waals surface area contributed by atoms with E-state index in [1.165, 1.54) is 13.8 Å². The molecule has 0 aliphatic rings. The van der Waals surface area contributed by atoms with Crippen LogP contribution in [0.15, 0.2) is 0 Å². The molecule has 0 saturated heterocycles. The maximum absolute atomic E-state index is 10.7. The van der Waals surface area contributed by atoms with Crippen LogP contribution in [0.25, 0.3) is 0 Å². The number of carboxylic acid groups (broad SMARTS) is 1. The summed E-state index contributed by atoms with van der Waals surface area (Å²) in [5, 5.41) is 7.57. The Hall–Kier alpha value is 0.630. The third-order valence-electron chi connectivity index (χ3n) is 1.71. The first-order chi connectivity index (χ1) is 5.34. The molecule has 0 aromatic heterocycles. The van der Waals surface area contributed by atoms with Crippen molar-refractivity contribution in [2.75, 3.05) is 5.88 Å². The number of alkyl halides is 3. The zero-order valence-corrected chi connectivity index (χ0v) is 10.3. The fourth-order valence-electron chi connectivity index (χ4n) is 0.648. The van der Waals surface area contributed by atoms with Crippen molar-refractivity contribution in [3.05, 3.63) is 0 Å². The summed E-state index contributed by atoms with van der Waals surface area (Å²) in [4.78, 5) is 10.7. The molecule has 13 heavy (non-hydrogen) atoms. The molecule has 0 aliphatic carbocycles. The smallest absolute Gasteiger partial charge is 0.310 e. The number of hydrogen-bond acceptors (Lipinski definition) is 1. The van der Waals surface area contributed by atoms with E-state index in [2.05, 4.69) is 0 Å². The summed E-state index contributed by atoms with van der Waals surface area (Å²) in [5.41, 5.74) is -1.05. The van der Waals surface area contributed by atoms with Gasteiger partial charge >= 0.3 is 5.97 Å². The van der Waals surface area contributed by atoms with Gasteiger partial charge in [-0.1, -0.05) is 0 Å². The van der Waals surface area contributed by atoms with Gasteiger partial charge in [0.1, 0.15) is 0 Å². The largest absolute Gasteiger partial charge is 0.481 e. The minimum atomic E-state index is -1.05. The van der Waals surface area contributed by atoms with Crippen molar-refractivity contribution in [1.29, 1.82) is 0 Å². The second-order valence-corrected chi connectivity index (χ2v) is 4.44. The van der Waals surface area contributed by atoms with Crippen LogP contribution in [0.5, 0.6) is 0 Å². The summed E-state index contributed by atoms with van der Waals surface area (Å²) >= 11 is 17.0. The van der Waals surface area contributed by atoms with Crippen LogP contribution in [0.4, 0.5) is 0 Å². The van der Waals surface area contributed by atoms with Crippen molar-refractivity contribution < 1.29 is 9.90 Å². The quantitative estimate of drug-likeness (QED) is 0.797. The summed E-state index contributed by atoms with van der Waals surface area (Å²) in [5.74, 6) is -0.829. The minimum Gasteiger partial charge on any atom is -0.481 e. The highest BCUT2D eigenvalue weighted by Gasteiger charge is 2.39. The average molecular weight is 270 g/mol. The highest BCUT2D eigenvalue weighted by Crippen LogP contribution is 2.31. The van der Waals surface area contributed by atoms with E-state index in [0.717, 1.165) is 0 Å². The van der Waals surface area contributed by atoms with E-state index in [1.807, 2.05) is 0 Å². The van der Waals surface area contributed by atoms with Crippen molar-refractivity contribution in [2.24, 2.45) is 5.41 Å². The van der Waals surface area contributed by atoms with Gasteiger partial charge < -0.3 is 5.11 Å². The third-order valence-corrected chi connectivity index (χ3v) is 3.58. The Morgan fingerprint density at radius 2 is 1.85 bits per heavy atom. The molecule has 80 valence electrons. The van der Waals surface area contributed by atoms with Crippen LogP contribution in [-0.2, 0) is 4.79 Å². The lowest BCUT2D eigenvalue weighted by Gasteiger charge is -2.27. The van der Waals surface area contributed by atoms with Crippen molar-refractivity contribution in [2.45, 2.75) is 24.6 Å². The van der Waals surface area contributed by atoms with Crippen molar-refractivity contribution >= 4 is 53.2 Å². The molecule has 0 spiro atoms. The minimum absolute atomic E-state index is 0. The van der Waals surface area contributed by atoms with Gasteiger partial charge in [0, 0.05) is 5.88 Å². The molecule has 2 atom stereocenters. The van der Waals surface area contributed by atoms with E-state index < -0.39 is 22.1 Å². The van der Waals surface area contributed by atoms with Crippen molar-refractivity contribution in [3.63, 3.8) is 0 Å². The Balaban J connectivity index is 0. The van der Waals surface area contributed by atoms with Gasteiger partial charge in [-0.05, 0) is 13.8 Å². The summed E-state index contributed by atoms with van der Waals surface area (Å²) in [6.07, 6.45) is 0. The molecule has 0 aromatic rings. The van der Waals surface area contributed by atoms with E-state index in [-0.39, 0.29) is 18.3 Å². The Morgan fingerprint density at radius 3 is 2.08 bits per heavy atom. The first-order valence-corrected chi connectivity index (χ1v) is 4.82. The van der Waals surface area contributed by atoms with Crippen molar-refractivity contribution in [3.8, 4) is 0 Å². The number of rotatable bonds is 4. The van der Waals surface area contributed by atoms with Gasteiger partial charge in [0.05, 0.1) is 16.2 Å². The molecule has 0 aromatic carbocycles. The molecular formula is C7H12Cl4O2. The van der Waals surface area contributed by atoms with Gasteiger partial charge in [0.15, 0.2) is 0 Å². The van der Waals surface area contributed by atoms with Crippen LogP contribution in [0.2, 0.25) is 0 Å². The lowest BCUT2D eigenvalue weighted by atomic mass is 9.87. The third kappa shape index (κ3) is 4.11. The predicted octanol–water partition coefficient (Wildman–Crippen LogP) is 2.97. The molecule has 2 unspecified atom stereocenters. The maximum Gasteiger partial charge on any atom is 0.310 e.